The molecule has 0 spiro atoms. The van der Waals surface area contributed by atoms with Gasteiger partial charge in [-0.1, -0.05) is 52.0 Å². The van der Waals surface area contributed by atoms with E-state index in [1.165, 1.54) is 11.1 Å². The Morgan fingerprint density at radius 2 is 1.63 bits per heavy atom. The van der Waals surface area contributed by atoms with E-state index in [2.05, 4.69) is 51.2 Å². The zero-order chi connectivity index (χ0) is 21.7. The molecule has 1 saturated heterocycles. The lowest BCUT2D eigenvalue weighted by Crippen LogP contribution is -2.17. The zero-order valence-electron chi connectivity index (χ0n) is 17.7. The van der Waals surface area contributed by atoms with Crippen LogP contribution in [-0.2, 0) is 4.79 Å². The van der Waals surface area contributed by atoms with E-state index in [0.717, 1.165) is 28.8 Å². The summed E-state index contributed by atoms with van der Waals surface area (Å²) >= 11 is 0.907. The maximum Gasteiger partial charge on any atom is 0.290 e. The molecule has 30 heavy (non-hydrogen) atoms. The molecule has 5 nitrogen and oxygen atoms in total. The lowest BCUT2D eigenvalue weighted by Gasteiger charge is -2.17. The Morgan fingerprint density at radius 3 is 2.23 bits per heavy atom. The van der Waals surface area contributed by atoms with Crippen LogP contribution in [0.25, 0.3) is 6.08 Å². The van der Waals surface area contributed by atoms with Gasteiger partial charge in [0.15, 0.2) is 0 Å². The van der Waals surface area contributed by atoms with Crippen molar-refractivity contribution in [2.75, 3.05) is 13.2 Å². The summed E-state index contributed by atoms with van der Waals surface area (Å²) in [6.07, 6.45) is 1.69. The monoisotopic (exact) mass is 425 g/mol. The third-order valence-corrected chi connectivity index (χ3v) is 5.56. The lowest BCUT2D eigenvalue weighted by molar-refractivity contribution is -0.115. The van der Waals surface area contributed by atoms with Gasteiger partial charge >= 0.3 is 0 Å². The topological polar surface area (TPSA) is 64.6 Å². The van der Waals surface area contributed by atoms with Crippen LogP contribution in [0.2, 0.25) is 0 Å². The summed E-state index contributed by atoms with van der Waals surface area (Å²) in [4.78, 5) is 23.2. The second kappa shape index (κ2) is 9.85. The molecule has 0 aromatic heterocycles. The summed E-state index contributed by atoms with van der Waals surface area (Å²) in [5.41, 5.74) is 3.36. The first kappa shape index (κ1) is 22.0. The normalized spacial score (nSPS) is 15.2. The molecule has 2 aromatic rings. The lowest BCUT2D eigenvalue weighted by atomic mass is 9.95. The van der Waals surface area contributed by atoms with Crippen molar-refractivity contribution in [2.45, 2.75) is 39.5 Å². The second-order valence-electron chi connectivity index (χ2n) is 7.72. The van der Waals surface area contributed by atoms with Crippen LogP contribution in [0, 0.1) is 0 Å². The van der Waals surface area contributed by atoms with Gasteiger partial charge in [-0.15, -0.1) is 0 Å². The van der Waals surface area contributed by atoms with Gasteiger partial charge in [0.1, 0.15) is 24.7 Å². The summed E-state index contributed by atoms with van der Waals surface area (Å²) in [6.45, 7) is 9.60. The molecule has 1 aliphatic rings. The molecule has 0 saturated carbocycles. The average Bonchev–Trinajstić information content (AvgIpc) is 3.03. The number of hydrogen-bond acceptors (Lipinski definition) is 5. The number of carbonyl (C=O) groups is 2. The van der Waals surface area contributed by atoms with Crippen LogP contribution < -0.4 is 14.8 Å². The van der Waals surface area contributed by atoms with Crippen molar-refractivity contribution in [3.63, 3.8) is 0 Å². The first-order chi connectivity index (χ1) is 14.3. The molecule has 0 radical (unpaired) electrons. The molecule has 1 fully saturated rings. The van der Waals surface area contributed by atoms with E-state index in [1.54, 1.807) is 6.08 Å². The van der Waals surface area contributed by atoms with Gasteiger partial charge in [0, 0.05) is 0 Å². The van der Waals surface area contributed by atoms with E-state index in [4.69, 9.17) is 9.47 Å². The number of carbonyl (C=O) groups excluding carboxylic acids is 2. The highest BCUT2D eigenvalue weighted by Gasteiger charge is 2.24. The van der Waals surface area contributed by atoms with Crippen LogP contribution in [0.15, 0.2) is 47.4 Å². The number of benzene rings is 2. The fourth-order valence-corrected chi connectivity index (χ4v) is 3.73. The largest absolute Gasteiger partial charge is 0.490 e. The fraction of sp³-hybridized carbons (Fsp3) is 0.333. The van der Waals surface area contributed by atoms with Crippen LogP contribution >= 0.6 is 11.8 Å². The Morgan fingerprint density at radius 1 is 0.933 bits per heavy atom. The molecule has 2 aromatic carbocycles. The predicted molar refractivity (Wildman–Crippen MR) is 121 cm³/mol. The van der Waals surface area contributed by atoms with Crippen LogP contribution in [-0.4, -0.2) is 24.4 Å². The summed E-state index contributed by atoms with van der Waals surface area (Å²) < 4.78 is 11.7. The molecule has 1 heterocycles. The van der Waals surface area contributed by atoms with E-state index >= 15 is 0 Å². The molecule has 158 valence electrons. The molecule has 1 aliphatic heterocycles. The molecule has 3 rings (SSSR count). The van der Waals surface area contributed by atoms with Gasteiger partial charge in [0.2, 0.25) is 0 Å². The average molecular weight is 426 g/mol. The van der Waals surface area contributed by atoms with Crippen LogP contribution in [0.1, 0.15) is 56.2 Å². The third-order valence-electron chi connectivity index (χ3n) is 4.75. The van der Waals surface area contributed by atoms with Crippen LogP contribution in [0.3, 0.4) is 0 Å². The Hall–Kier alpha value is -2.73. The molecule has 6 heteroatoms. The van der Waals surface area contributed by atoms with E-state index in [1.807, 2.05) is 24.3 Å². The number of thioether (sulfide) groups is 1. The van der Waals surface area contributed by atoms with Crippen molar-refractivity contribution in [3.8, 4) is 11.5 Å². The number of nitrogens with one attached hydrogen (secondary N) is 1. The fourth-order valence-electron chi connectivity index (χ4n) is 3.05. The standard InChI is InChI=1S/C24H27NO4S/c1-15(2)18-7-10-21(20(14-18)16(3)4)29-12-11-28-19-8-5-17(6-9-19)13-22-23(26)25-24(27)30-22/h5-10,13-16H,11-12H2,1-4H3,(H,25,26,27)/b22-13-. The van der Waals surface area contributed by atoms with Gasteiger partial charge < -0.3 is 9.47 Å². The first-order valence-electron chi connectivity index (χ1n) is 10.1. The number of rotatable bonds is 8. The maximum absolute atomic E-state index is 11.6. The summed E-state index contributed by atoms with van der Waals surface area (Å²) in [7, 11) is 0. The van der Waals surface area contributed by atoms with Crippen molar-refractivity contribution in [1.29, 1.82) is 0 Å². The summed E-state index contributed by atoms with van der Waals surface area (Å²) in [5.74, 6) is 2.14. The maximum atomic E-state index is 11.6. The molecule has 0 atom stereocenters. The van der Waals surface area contributed by atoms with E-state index in [0.29, 0.717) is 30.0 Å². The van der Waals surface area contributed by atoms with Crippen molar-refractivity contribution < 1.29 is 19.1 Å². The number of hydrogen-bond donors (Lipinski definition) is 1. The molecule has 1 N–H and O–H groups in total. The highest BCUT2D eigenvalue weighted by molar-refractivity contribution is 8.18. The molecular formula is C24H27NO4S. The van der Waals surface area contributed by atoms with Gasteiger partial charge in [-0.2, -0.15) is 0 Å². The zero-order valence-corrected chi connectivity index (χ0v) is 18.5. The van der Waals surface area contributed by atoms with Gasteiger partial charge in [-0.25, -0.2) is 0 Å². The van der Waals surface area contributed by atoms with E-state index in [9.17, 15) is 9.59 Å². The van der Waals surface area contributed by atoms with Crippen molar-refractivity contribution in [2.24, 2.45) is 0 Å². The molecule has 0 aliphatic carbocycles. The molecule has 0 unspecified atom stereocenters. The minimum atomic E-state index is -0.357. The quantitative estimate of drug-likeness (QED) is 0.433. The SMILES string of the molecule is CC(C)c1ccc(OCCOc2ccc(/C=C3\SC(=O)NC3=O)cc2)c(C(C)C)c1. The molecule has 2 amide bonds. The minimum absolute atomic E-state index is 0.342. The Labute approximate surface area is 181 Å². The van der Waals surface area contributed by atoms with Crippen molar-refractivity contribution >= 4 is 29.0 Å². The van der Waals surface area contributed by atoms with E-state index in [-0.39, 0.29) is 11.1 Å². The third kappa shape index (κ3) is 5.66. The van der Waals surface area contributed by atoms with Gasteiger partial charge in [0.05, 0.1) is 4.91 Å². The molecular weight excluding hydrogens is 398 g/mol. The van der Waals surface area contributed by atoms with Gasteiger partial charge in [-0.3, -0.25) is 14.9 Å². The van der Waals surface area contributed by atoms with Gasteiger partial charge in [-0.05, 0) is 64.6 Å². The number of imide groups is 1. The highest BCUT2D eigenvalue weighted by Crippen LogP contribution is 2.30. The number of ether oxygens (including phenoxy) is 2. The van der Waals surface area contributed by atoms with Crippen LogP contribution in [0.4, 0.5) is 4.79 Å². The summed E-state index contributed by atoms with van der Waals surface area (Å²) in [5, 5.41) is 1.90. The van der Waals surface area contributed by atoms with Crippen LogP contribution in [0.5, 0.6) is 11.5 Å². The highest BCUT2D eigenvalue weighted by atomic mass is 32.2. The van der Waals surface area contributed by atoms with Crippen molar-refractivity contribution in [1.82, 2.24) is 5.32 Å². The van der Waals surface area contributed by atoms with Crippen molar-refractivity contribution in [3.05, 3.63) is 64.1 Å². The smallest absolute Gasteiger partial charge is 0.290 e. The minimum Gasteiger partial charge on any atom is -0.490 e. The summed E-state index contributed by atoms with van der Waals surface area (Å²) in [6, 6.07) is 13.8. The van der Waals surface area contributed by atoms with Gasteiger partial charge in [0.25, 0.3) is 11.1 Å². The van der Waals surface area contributed by atoms with E-state index < -0.39 is 0 Å². The number of amides is 2. The Bertz CT molecular complexity index is 948. The Balaban J connectivity index is 1.53. The first-order valence-corrected chi connectivity index (χ1v) is 10.9. The molecule has 0 bridgehead atoms. The second-order valence-corrected chi connectivity index (χ2v) is 8.74. The predicted octanol–water partition coefficient (Wildman–Crippen LogP) is 5.72. The Kier molecular flexibility index (Phi) is 7.21.